The van der Waals surface area contributed by atoms with Crippen LogP contribution >= 0.6 is 0 Å². The number of amides is 1. The summed E-state index contributed by atoms with van der Waals surface area (Å²) < 4.78 is 5.36. The predicted molar refractivity (Wildman–Crippen MR) is 60.8 cm³/mol. The molecule has 0 bridgehead atoms. The van der Waals surface area contributed by atoms with Gasteiger partial charge in [0.25, 0.3) is 0 Å². The SMILES string of the molecule is CN1CCC(c2ccccc2CN)OC1=O. The summed E-state index contributed by atoms with van der Waals surface area (Å²) in [4.78, 5) is 13.0. The van der Waals surface area contributed by atoms with Crippen LogP contribution in [0.5, 0.6) is 0 Å². The second kappa shape index (κ2) is 4.53. The van der Waals surface area contributed by atoms with E-state index in [1.807, 2.05) is 24.3 Å². The largest absolute Gasteiger partial charge is 0.441 e. The van der Waals surface area contributed by atoms with E-state index in [0.717, 1.165) is 24.1 Å². The number of ether oxygens (including phenoxy) is 1. The van der Waals surface area contributed by atoms with E-state index in [1.54, 1.807) is 11.9 Å². The molecule has 1 heterocycles. The lowest BCUT2D eigenvalue weighted by Crippen LogP contribution is -2.36. The highest BCUT2D eigenvalue weighted by Gasteiger charge is 2.26. The van der Waals surface area contributed by atoms with Crippen molar-refractivity contribution in [2.24, 2.45) is 5.73 Å². The highest BCUT2D eigenvalue weighted by Crippen LogP contribution is 2.28. The average molecular weight is 220 g/mol. The lowest BCUT2D eigenvalue weighted by molar-refractivity contribution is 0.0320. The van der Waals surface area contributed by atoms with Crippen molar-refractivity contribution in [1.29, 1.82) is 0 Å². The first-order chi connectivity index (χ1) is 7.72. The zero-order chi connectivity index (χ0) is 11.5. The fraction of sp³-hybridized carbons (Fsp3) is 0.417. The maximum absolute atomic E-state index is 11.4. The van der Waals surface area contributed by atoms with Crippen LogP contribution in [0.25, 0.3) is 0 Å². The Bertz CT molecular complexity index is 392. The Hall–Kier alpha value is -1.55. The van der Waals surface area contributed by atoms with Crippen LogP contribution in [0.3, 0.4) is 0 Å². The van der Waals surface area contributed by atoms with Gasteiger partial charge < -0.3 is 15.4 Å². The fourth-order valence-electron chi connectivity index (χ4n) is 1.93. The van der Waals surface area contributed by atoms with Gasteiger partial charge in [-0.25, -0.2) is 4.79 Å². The van der Waals surface area contributed by atoms with Crippen LogP contribution in [-0.2, 0) is 11.3 Å². The Balaban J connectivity index is 2.21. The third kappa shape index (κ3) is 2.02. The van der Waals surface area contributed by atoms with Crippen molar-refractivity contribution >= 4 is 6.09 Å². The molecule has 4 nitrogen and oxygen atoms in total. The van der Waals surface area contributed by atoms with Gasteiger partial charge in [0, 0.05) is 26.6 Å². The highest BCUT2D eigenvalue weighted by atomic mass is 16.6. The molecule has 0 spiro atoms. The summed E-state index contributed by atoms with van der Waals surface area (Å²) in [7, 11) is 1.74. The third-order valence-corrected chi connectivity index (χ3v) is 2.90. The van der Waals surface area contributed by atoms with Crippen LogP contribution in [0, 0.1) is 0 Å². The molecule has 0 aromatic heterocycles. The van der Waals surface area contributed by atoms with Crippen LogP contribution in [0.15, 0.2) is 24.3 Å². The molecule has 0 saturated carbocycles. The van der Waals surface area contributed by atoms with Crippen molar-refractivity contribution in [2.45, 2.75) is 19.1 Å². The first-order valence-corrected chi connectivity index (χ1v) is 5.42. The topological polar surface area (TPSA) is 55.6 Å². The average Bonchev–Trinajstić information content (AvgIpc) is 2.32. The molecule has 1 aromatic rings. The van der Waals surface area contributed by atoms with Crippen molar-refractivity contribution in [1.82, 2.24) is 4.90 Å². The quantitative estimate of drug-likeness (QED) is 0.824. The summed E-state index contributed by atoms with van der Waals surface area (Å²) in [5, 5.41) is 0. The maximum Gasteiger partial charge on any atom is 0.410 e. The number of benzene rings is 1. The Kier molecular flexibility index (Phi) is 3.10. The number of hydrogen-bond acceptors (Lipinski definition) is 3. The van der Waals surface area contributed by atoms with Gasteiger partial charge in [0.1, 0.15) is 6.10 Å². The minimum atomic E-state index is -0.261. The number of hydrogen-bond donors (Lipinski definition) is 1. The van der Waals surface area contributed by atoms with Gasteiger partial charge in [-0.1, -0.05) is 24.3 Å². The minimum absolute atomic E-state index is 0.150. The molecule has 1 aliphatic rings. The fourth-order valence-corrected chi connectivity index (χ4v) is 1.93. The van der Waals surface area contributed by atoms with Gasteiger partial charge in [0.2, 0.25) is 0 Å². The second-order valence-corrected chi connectivity index (χ2v) is 3.99. The Morgan fingerprint density at radius 1 is 1.50 bits per heavy atom. The molecule has 86 valence electrons. The van der Waals surface area contributed by atoms with Crippen molar-refractivity contribution in [3.8, 4) is 0 Å². The summed E-state index contributed by atoms with van der Waals surface area (Å²) in [6, 6.07) is 7.84. The second-order valence-electron chi connectivity index (χ2n) is 3.99. The van der Waals surface area contributed by atoms with E-state index < -0.39 is 0 Å². The summed E-state index contributed by atoms with van der Waals surface area (Å²) in [6.45, 7) is 1.20. The number of cyclic esters (lactones) is 1. The van der Waals surface area contributed by atoms with Crippen LogP contribution in [0.4, 0.5) is 4.79 Å². The van der Waals surface area contributed by atoms with E-state index in [0.29, 0.717) is 6.54 Å². The first kappa shape index (κ1) is 11.0. The van der Waals surface area contributed by atoms with Crippen molar-refractivity contribution in [2.75, 3.05) is 13.6 Å². The summed E-state index contributed by atoms with van der Waals surface area (Å²) in [6.07, 6.45) is 0.408. The molecule has 0 radical (unpaired) electrons. The van der Waals surface area contributed by atoms with Gasteiger partial charge in [-0.15, -0.1) is 0 Å². The molecule has 4 heteroatoms. The minimum Gasteiger partial charge on any atom is -0.441 e. The van der Waals surface area contributed by atoms with Crippen LogP contribution < -0.4 is 5.73 Å². The number of nitrogens with zero attached hydrogens (tertiary/aromatic N) is 1. The molecule has 1 atom stereocenters. The number of nitrogens with two attached hydrogens (primary N) is 1. The van der Waals surface area contributed by atoms with Gasteiger partial charge in [-0.3, -0.25) is 0 Å². The van der Waals surface area contributed by atoms with Crippen molar-refractivity contribution in [3.63, 3.8) is 0 Å². The van der Waals surface area contributed by atoms with Crippen molar-refractivity contribution in [3.05, 3.63) is 35.4 Å². The van der Waals surface area contributed by atoms with E-state index in [4.69, 9.17) is 10.5 Å². The van der Waals surface area contributed by atoms with Gasteiger partial charge in [-0.2, -0.15) is 0 Å². The van der Waals surface area contributed by atoms with Gasteiger partial charge in [0.15, 0.2) is 0 Å². The maximum atomic E-state index is 11.4. The van der Waals surface area contributed by atoms with Crippen molar-refractivity contribution < 1.29 is 9.53 Å². The Morgan fingerprint density at radius 2 is 2.25 bits per heavy atom. The zero-order valence-electron chi connectivity index (χ0n) is 9.35. The molecule has 1 aromatic carbocycles. The van der Waals surface area contributed by atoms with Gasteiger partial charge in [-0.05, 0) is 11.1 Å². The van der Waals surface area contributed by atoms with Crippen LogP contribution in [0.2, 0.25) is 0 Å². The van der Waals surface area contributed by atoms with E-state index in [2.05, 4.69) is 0 Å². The molecular weight excluding hydrogens is 204 g/mol. The molecule has 0 aliphatic carbocycles. The third-order valence-electron chi connectivity index (χ3n) is 2.90. The monoisotopic (exact) mass is 220 g/mol. The molecule has 16 heavy (non-hydrogen) atoms. The lowest BCUT2D eigenvalue weighted by Gasteiger charge is -2.30. The lowest BCUT2D eigenvalue weighted by atomic mass is 9.99. The van der Waals surface area contributed by atoms with E-state index in [1.165, 1.54) is 0 Å². The van der Waals surface area contributed by atoms with E-state index in [-0.39, 0.29) is 12.2 Å². The molecule has 1 fully saturated rings. The molecule has 2 rings (SSSR count). The van der Waals surface area contributed by atoms with E-state index >= 15 is 0 Å². The van der Waals surface area contributed by atoms with Crippen LogP contribution in [-0.4, -0.2) is 24.6 Å². The Labute approximate surface area is 95.0 Å². The van der Waals surface area contributed by atoms with E-state index in [9.17, 15) is 4.79 Å². The molecule has 1 unspecified atom stereocenters. The molecule has 1 saturated heterocycles. The highest BCUT2D eigenvalue weighted by molar-refractivity contribution is 5.68. The van der Waals surface area contributed by atoms with Gasteiger partial charge >= 0.3 is 6.09 Å². The van der Waals surface area contributed by atoms with Gasteiger partial charge in [0.05, 0.1) is 0 Å². The summed E-state index contributed by atoms with van der Waals surface area (Å²) >= 11 is 0. The number of carbonyl (C=O) groups excluding carboxylic acids is 1. The summed E-state index contributed by atoms with van der Waals surface area (Å²) in [5.41, 5.74) is 7.75. The summed E-state index contributed by atoms with van der Waals surface area (Å²) in [5.74, 6) is 0. The molecule has 1 aliphatic heterocycles. The number of rotatable bonds is 2. The molecule has 2 N–H and O–H groups in total. The number of carbonyl (C=O) groups is 1. The zero-order valence-corrected chi connectivity index (χ0v) is 9.35. The normalized spacial score (nSPS) is 20.8. The first-order valence-electron chi connectivity index (χ1n) is 5.42. The molecular formula is C12H16N2O2. The van der Waals surface area contributed by atoms with Crippen LogP contribution in [0.1, 0.15) is 23.7 Å². The smallest absolute Gasteiger partial charge is 0.410 e. The Morgan fingerprint density at radius 3 is 2.94 bits per heavy atom. The molecule has 1 amide bonds. The standard InChI is InChI=1S/C12H16N2O2/c1-14-7-6-11(16-12(14)15)10-5-3-2-4-9(10)8-13/h2-5,11H,6-8,13H2,1H3. The predicted octanol–water partition coefficient (Wildman–Crippen LogP) is 1.66.